The van der Waals surface area contributed by atoms with Gasteiger partial charge in [0.15, 0.2) is 17.2 Å². The third-order valence-electron chi connectivity index (χ3n) is 5.52. The number of fused-ring (bicyclic) bond motifs is 2. The van der Waals surface area contributed by atoms with Crippen molar-refractivity contribution in [3.05, 3.63) is 95.2 Å². The van der Waals surface area contributed by atoms with Gasteiger partial charge in [0, 0.05) is 22.3 Å². The van der Waals surface area contributed by atoms with Crippen LogP contribution in [0.5, 0.6) is 23.0 Å². The first-order chi connectivity index (χ1) is 16.2. The molecule has 0 N–H and O–H groups in total. The predicted octanol–water partition coefficient (Wildman–Crippen LogP) is 4.57. The Morgan fingerprint density at radius 3 is 2.48 bits per heavy atom. The van der Waals surface area contributed by atoms with Gasteiger partial charge >= 0.3 is 5.97 Å². The summed E-state index contributed by atoms with van der Waals surface area (Å²) in [6.45, 7) is 0.186. The Balaban J connectivity index is 1.47. The maximum atomic E-state index is 12.9. The number of carbonyl (C=O) groups excluding carboxylic acids is 1. The topological polar surface area (TPSA) is 75.6 Å². The van der Waals surface area contributed by atoms with E-state index in [0.29, 0.717) is 39.9 Å². The number of ether oxygens (including phenoxy) is 5. The highest BCUT2D eigenvalue weighted by Crippen LogP contribution is 2.42. The fourth-order valence-electron chi connectivity index (χ4n) is 3.86. The number of benzene rings is 3. The van der Waals surface area contributed by atoms with Crippen molar-refractivity contribution >= 4 is 23.2 Å². The highest BCUT2D eigenvalue weighted by atomic mass is 16.7. The molecule has 0 bridgehead atoms. The van der Waals surface area contributed by atoms with Crippen molar-refractivity contribution in [1.82, 2.24) is 0 Å². The molecule has 3 aliphatic rings. The van der Waals surface area contributed by atoms with Crippen LogP contribution in [0.25, 0.3) is 11.3 Å². The van der Waals surface area contributed by atoms with E-state index in [2.05, 4.69) is 4.99 Å². The number of aliphatic imine (C=N–C) groups is 1. The number of esters is 1. The molecule has 0 saturated carbocycles. The summed E-state index contributed by atoms with van der Waals surface area (Å²) in [5.41, 5.74) is 3.07. The van der Waals surface area contributed by atoms with Gasteiger partial charge in [0.1, 0.15) is 17.3 Å². The highest BCUT2D eigenvalue weighted by molar-refractivity contribution is 6.15. The molecule has 0 aliphatic carbocycles. The van der Waals surface area contributed by atoms with Crippen LogP contribution in [0.15, 0.2) is 83.5 Å². The molecule has 0 saturated heterocycles. The summed E-state index contributed by atoms with van der Waals surface area (Å²) in [4.78, 5) is 17.4. The summed E-state index contributed by atoms with van der Waals surface area (Å²) in [7, 11) is 1.59. The molecule has 0 amide bonds. The van der Waals surface area contributed by atoms with Gasteiger partial charge in [0.25, 0.3) is 0 Å². The molecule has 3 aromatic rings. The molecule has 3 heterocycles. The molecule has 0 radical (unpaired) electrons. The number of para-hydroxylation sites is 1. The van der Waals surface area contributed by atoms with E-state index in [9.17, 15) is 4.79 Å². The second-order valence-corrected chi connectivity index (χ2v) is 7.47. The molecule has 0 atom stereocenters. The molecule has 162 valence electrons. The molecule has 0 unspecified atom stereocenters. The summed E-state index contributed by atoms with van der Waals surface area (Å²) in [6, 6.07) is 20.2. The summed E-state index contributed by atoms with van der Waals surface area (Å²) in [5, 5.41) is 0. The number of hydrogen-bond acceptors (Lipinski definition) is 7. The van der Waals surface area contributed by atoms with E-state index in [1.165, 1.54) is 0 Å². The van der Waals surface area contributed by atoms with Gasteiger partial charge in [-0.2, -0.15) is 0 Å². The zero-order chi connectivity index (χ0) is 22.4. The van der Waals surface area contributed by atoms with Crippen molar-refractivity contribution in [2.75, 3.05) is 13.9 Å². The Morgan fingerprint density at radius 1 is 0.848 bits per heavy atom. The van der Waals surface area contributed by atoms with Crippen LogP contribution in [-0.2, 0) is 9.53 Å². The van der Waals surface area contributed by atoms with Gasteiger partial charge in [-0.25, -0.2) is 9.79 Å². The minimum atomic E-state index is -0.520. The number of allylic oxidation sites excluding steroid dienone is 2. The molecule has 0 fully saturated rings. The third-order valence-corrected chi connectivity index (χ3v) is 5.52. The van der Waals surface area contributed by atoms with Crippen LogP contribution < -0.4 is 18.9 Å². The summed E-state index contributed by atoms with van der Waals surface area (Å²) >= 11 is 0. The lowest BCUT2D eigenvalue weighted by Crippen LogP contribution is -2.08. The van der Waals surface area contributed by atoms with Crippen LogP contribution in [0.4, 0.5) is 0 Å². The molecule has 3 aliphatic heterocycles. The Bertz CT molecular complexity index is 1380. The van der Waals surface area contributed by atoms with E-state index in [0.717, 1.165) is 11.1 Å². The van der Waals surface area contributed by atoms with E-state index >= 15 is 0 Å². The fraction of sp³-hybridized carbons (Fsp3) is 0.0769. The number of methoxy groups -OCH3 is 1. The Hall–Kier alpha value is -4.52. The van der Waals surface area contributed by atoms with Crippen LogP contribution in [0, 0.1) is 0 Å². The summed E-state index contributed by atoms with van der Waals surface area (Å²) in [5.74, 6) is 2.94. The zero-order valence-corrected chi connectivity index (χ0v) is 17.5. The van der Waals surface area contributed by atoms with Gasteiger partial charge in [0.05, 0.1) is 7.11 Å². The molecular weight excluding hydrogens is 422 g/mol. The Labute approximate surface area is 189 Å². The van der Waals surface area contributed by atoms with Crippen molar-refractivity contribution in [3.63, 3.8) is 0 Å². The van der Waals surface area contributed by atoms with E-state index in [1.807, 2.05) is 42.5 Å². The van der Waals surface area contributed by atoms with Gasteiger partial charge in [-0.15, -0.1) is 0 Å². The minimum absolute atomic E-state index is 0.186. The molecule has 0 spiro atoms. The first kappa shape index (κ1) is 19.2. The number of carbonyl (C=O) groups is 1. The lowest BCUT2D eigenvalue weighted by atomic mass is 9.97. The van der Waals surface area contributed by atoms with Crippen LogP contribution in [0.1, 0.15) is 16.7 Å². The minimum Gasteiger partial charge on any atom is -0.497 e. The Kier molecular flexibility index (Phi) is 4.40. The molecule has 33 heavy (non-hydrogen) atoms. The van der Waals surface area contributed by atoms with Gasteiger partial charge in [0.2, 0.25) is 12.7 Å². The number of hydrogen-bond donors (Lipinski definition) is 0. The first-order valence-electron chi connectivity index (χ1n) is 10.3. The average molecular weight is 439 g/mol. The first-order valence-corrected chi connectivity index (χ1v) is 10.3. The van der Waals surface area contributed by atoms with Crippen LogP contribution >= 0.6 is 0 Å². The van der Waals surface area contributed by atoms with Crippen molar-refractivity contribution in [3.8, 4) is 23.0 Å². The quantitative estimate of drug-likeness (QED) is 0.440. The van der Waals surface area contributed by atoms with Crippen molar-refractivity contribution in [1.29, 1.82) is 0 Å². The average Bonchev–Trinajstić information content (AvgIpc) is 3.49. The normalized spacial score (nSPS) is 18.2. The number of cyclic esters (lactones) is 1. The Morgan fingerprint density at radius 2 is 1.64 bits per heavy atom. The largest absolute Gasteiger partial charge is 0.497 e. The molecular formula is C26H17NO6. The van der Waals surface area contributed by atoms with Gasteiger partial charge in [-0.1, -0.05) is 18.2 Å². The number of nitrogens with zero attached hydrogens (tertiary/aromatic N) is 1. The van der Waals surface area contributed by atoms with E-state index in [1.54, 1.807) is 37.5 Å². The molecule has 6 rings (SSSR count). The lowest BCUT2D eigenvalue weighted by Gasteiger charge is -2.20. The molecule has 7 nitrogen and oxygen atoms in total. The third kappa shape index (κ3) is 3.30. The standard InChI is InChI=1S/C26H17NO6/c1-29-17-9-6-15(7-10-17)25-27-24(26(28)33-25)19-13-22(32-20-5-3-2-4-18(19)20)16-8-11-21-23(12-16)31-14-30-21/h2-13H,14H2,1H3/b24-19-. The second-order valence-electron chi connectivity index (χ2n) is 7.47. The maximum Gasteiger partial charge on any atom is 0.364 e. The van der Waals surface area contributed by atoms with Crippen molar-refractivity contribution < 1.29 is 28.5 Å². The van der Waals surface area contributed by atoms with E-state index < -0.39 is 5.97 Å². The SMILES string of the molecule is COc1ccc(C2=N/C(=C3/C=C(c4ccc5c(c4)OCO5)Oc4ccccc43)C(=O)O2)cc1. The molecule has 3 aromatic carbocycles. The monoisotopic (exact) mass is 439 g/mol. The maximum absolute atomic E-state index is 12.9. The van der Waals surface area contributed by atoms with E-state index in [4.69, 9.17) is 23.7 Å². The van der Waals surface area contributed by atoms with Gasteiger partial charge in [-0.3, -0.25) is 0 Å². The van der Waals surface area contributed by atoms with Gasteiger partial charge < -0.3 is 23.7 Å². The lowest BCUT2D eigenvalue weighted by molar-refractivity contribution is -0.129. The smallest absolute Gasteiger partial charge is 0.364 e. The van der Waals surface area contributed by atoms with Crippen molar-refractivity contribution in [2.24, 2.45) is 4.99 Å². The summed E-state index contributed by atoms with van der Waals surface area (Å²) in [6.07, 6.45) is 1.80. The van der Waals surface area contributed by atoms with Crippen LogP contribution in [-0.4, -0.2) is 25.8 Å². The van der Waals surface area contributed by atoms with Gasteiger partial charge in [-0.05, 0) is 54.6 Å². The number of rotatable bonds is 3. The molecule has 0 aromatic heterocycles. The van der Waals surface area contributed by atoms with Crippen LogP contribution in [0.2, 0.25) is 0 Å². The fourth-order valence-corrected chi connectivity index (χ4v) is 3.86. The van der Waals surface area contributed by atoms with Crippen LogP contribution in [0.3, 0.4) is 0 Å². The zero-order valence-electron chi connectivity index (χ0n) is 17.5. The van der Waals surface area contributed by atoms with Crippen molar-refractivity contribution in [2.45, 2.75) is 0 Å². The van der Waals surface area contributed by atoms with E-state index in [-0.39, 0.29) is 18.4 Å². The summed E-state index contributed by atoms with van der Waals surface area (Å²) < 4.78 is 27.8. The second kappa shape index (κ2) is 7.56. The highest BCUT2D eigenvalue weighted by Gasteiger charge is 2.31. The predicted molar refractivity (Wildman–Crippen MR) is 120 cm³/mol. The molecule has 7 heteroatoms.